The number of hydrogen-bond donors (Lipinski definition) is 2. The number of halogens is 1. The van der Waals surface area contributed by atoms with Gasteiger partial charge in [0.25, 0.3) is 5.91 Å². The summed E-state index contributed by atoms with van der Waals surface area (Å²) >= 11 is 5.76. The summed E-state index contributed by atoms with van der Waals surface area (Å²) in [6.45, 7) is 0. The maximum Gasteiger partial charge on any atom is 0.274 e. The molecule has 0 saturated carbocycles. The minimum Gasteiger partial charge on any atom is -0.369 e. The third-order valence-corrected chi connectivity index (χ3v) is 3.96. The molecule has 1 atom stereocenters. The minimum absolute atomic E-state index is 0.127. The van der Waals surface area contributed by atoms with Gasteiger partial charge in [-0.15, -0.1) is 0 Å². The van der Waals surface area contributed by atoms with E-state index in [-0.39, 0.29) is 24.0 Å². The highest BCUT2D eigenvalue weighted by Gasteiger charge is 2.26. The number of nitrogens with zero attached hydrogens (tertiary/aromatic N) is 4. The molecule has 9 heteroatoms. The molecular weight excluding hydrogens is 344 g/mol. The number of aromatic nitrogens is 2. The number of rotatable bonds is 3. The lowest BCUT2D eigenvalue weighted by molar-refractivity contribution is -0.127. The van der Waals surface area contributed by atoms with Gasteiger partial charge in [-0.1, -0.05) is 11.6 Å². The lowest BCUT2D eigenvalue weighted by Gasteiger charge is -2.25. The molecule has 0 spiro atoms. The Morgan fingerprint density at radius 1 is 1.36 bits per heavy atom. The van der Waals surface area contributed by atoms with E-state index >= 15 is 0 Å². The van der Waals surface area contributed by atoms with Gasteiger partial charge in [-0.05, 0) is 23.8 Å². The lowest BCUT2D eigenvalue weighted by atomic mass is 10.0. The molecule has 128 valence electrons. The van der Waals surface area contributed by atoms with Crippen molar-refractivity contribution in [2.75, 3.05) is 12.4 Å². The van der Waals surface area contributed by atoms with Gasteiger partial charge in [0.15, 0.2) is 5.96 Å². The topological polar surface area (TPSA) is 114 Å². The molecule has 3 N–H and O–H groups in total. The Labute approximate surface area is 148 Å². The van der Waals surface area contributed by atoms with Crippen molar-refractivity contribution in [3.8, 4) is 0 Å². The molecule has 1 unspecified atom stereocenters. The second-order valence-corrected chi connectivity index (χ2v) is 5.92. The molecule has 3 heterocycles. The van der Waals surface area contributed by atoms with Crippen molar-refractivity contribution in [1.29, 1.82) is 0 Å². The molecule has 2 amide bonds. The van der Waals surface area contributed by atoms with Crippen LogP contribution in [0.25, 0.3) is 0 Å². The number of carbonyl (C=O) groups excluding carboxylic acids is 2. The first-order chi connectivity index (χ1) is 11.9. The van der Waals surface area contributed by atoms with Gasteiger partial charge in [0.2, 0.25) is 5.91 Å². The van der Waals surface area contributed by atoms with Crippen molar-refractivity contribution in [3.05, 3.63) is 53.1 Å². The van der Waals surface area contributed by atoms with Crippen molar-refractivity contribution in [3.63, 3.8) is 0 Å². The maximum atomic E-state index is 12.2. The Hall–Kier alpha value is -3.00. The summed E-state index contributed by atoms with van der Waals surface area (Å²) in [5, 5.41) is 3.15. The maximum absolute atomic E-state index is 12.2. The molecular formula is C16H15ClN6O2. The van der Waals surface area contributed by atoms with Gasteiger partial charge in [0, 0.05) is 19.4 Å². The Morgan fingerprint density at radius 2 is 2.16 bits per heavy atom. The summed E-state index contributed by atoms with van der Waals surface area (Å²) in [5.41, 5.74) is 7.14. The fourth-order valence-electron chi connectivity index (χ4n) is 2.33. The molecule has 2 aromatic heterocycles. The minimum atomic E-state index is -0.429. The van der Waals surface area contributed by atoms with Crippen LogP contribution in [0.15, 0.2) is 41.8 Å². The Bertz CT molecular complexity index is 852. The Balaban J connectivity index is 1.79. The van der Waals surface area contributed by atoms with Gasteiger partial charge in [-0.25, -0.2) is 9.98 Å². The average Bonchev–Trinajstić information content (AvgIpc) is 2.60. The predicted molar refractivity (Wildman–Crippen MR) is 93.2 cm³/mol. The zero-order valence-electron chi connectivity index (χ0n) is 13.3. The molecule has 0 fully saturated rings. The summed E-state index contributed by atoms with van der Waals surface area (Å²) in [7, 11) is 1.57. The van der Waals surface area contributed by atoms with Crippen molar-refractivity contribution in [1.82, 2.24) is 14.9 Å². The number of carbonyl (C=O) groups is 2. The first kappa shape index (κ1) is 16.8. The van der Waals surface area contributed by atoms with E-state index in [0.717, 1.165) is 0 Å². The normalized spacial score (nSPS) is 17.2. The van der Waals surface area contributed by atoms with Crippen molar-refractivity contribution in [2.45, 2.75) is 12.5 Å². The van der Waals surface area contributed by atoms with Crippen LogP contribution in [0.2, 0.25) is 5.02 Å². The summed E-state index contributed by atoms with van der Waals surface area (Å²) in [6.07, 6.45) is 4.68. The average molecular weight is 359 g/mol. The second-order valence-electron chi connectivity index (χ2n) is 5.48. The fourth-order valence-corrected chi connectivity index (χ4v) is 2.44. The number of nitrogens with one attached hydrogen (secondary N) is 1. The second kappa shape index (κ2) is 6.86. The van der Waals surface area contributed by atoms with Gasteiger partial charge in [-0.2, -0.15) is 0 Å². The van der Waals surface area contributed by atoms with E-state index in [9.17, 15) is 9.59 Å². The van der Waals surface area contributed by atoms with E-state index in [1.54, 1.807) is 25.4 Å². The van der Waals surface area contributed by atoms with Crippen LogP contribution in [0.1, 0.15) is 28.5 Å². The smallest absolute Gasteiger partial charge is 0.274 e. The standard InChI is InChI=1S/C16H15ClN6O2/c1-23-14(24)5-13(22-16(23)18)9-4-11(8-19-6-9)21-15(25)12-3-2-10(17)7-20-12/h2-4,6-8,13H,5H2,1H3,(H2,18,22)(H,21,25). The van der Waals surface area contributed by atoms with E-state index in [1.807, 2.05) is 0 Å². The molecule has 25 heavy (non-hydrogen) atoms. The zero-order chi connectivity index (χ0) is 18.0. The van der Waals surface area contributed by atoms with Gasteiger partial charge in [0.05, 0.1) is 29.4 Å². The number of anilines is 1. The van der Waals surface area contributed by atoms with Crippen LogP contribution in [0, 0.1) is 0 Å². The van der Waals surface area contributed by atoms with Gasteiger partial charge >= 0.3 is 0 Å². The monoisotopic (exact) mass is 358 g/mol. The summed E-state index contributed by atoms with van der Waals surface area (Å²) in [5.74, 6) is -0.364. The molecule has 2 aromatic rings. The van der Waals surface area contributed by atoms with E-state index in [0.29, 0.717) is 16.3 Å². The Morgan fingerprint density at radius 3 is 2.84 bits per heavy atom. The van der Waals surface area contributed by atoms with Crippen LogP contribution in [0.3, 0.4) is 0 Å². The molecule has 8 nitrogen and oxygen atoms in total. The molecule has 1 aliphatic rings. The summed E-state index contributed by atoms with van der Waals surface area (Å²) in [4.78, 5) is 37.8. The van der Waals surface area contributed by atoms with Crippen LogP contribution in [0.5, 0.6) is 0 Å². The number of amides is 2. The lowest BCUT2D eigenvalue weighted by Crippen LogP contribution is -2.42. The van der Waals surface area contributed by atoms with Gasteiger partial charge in [0.1, 0.15) is 5.69 Å². The zero-order valence-corrected chi connectivity index (χ0v) is 14.1. The molecule has 0 saturated heterocycles. The van der Waals surface area contributed by atoms with Gasteiger partial charge in [-0.3, -0.25) is 19.5 Å². The third-order valence-electron chi connectivity index (χ3n) is 3.74. The molecule has 3 rings (SSSR count). The number of guanidine groups is 1. The Kier molecular flexibility index (Phi) is 4.62. The van der Waals surface area contributed by atoms with Gasteiger partial charge < -0.3 is 11.1 Å². The first-order valence-corrected chi connectivity index (χ1v) is 7.79. The highest BCUT2D eigenvalue weighted by molar-refractivity contribution is 6.30. The number of nitrogens with two attached hydrogens (primary N) is 1. The predicted octanol–water partition coefficient (Wildman–Crippen LogP) is 1.60. The molecule has 0 bridgehead atoms. The van der Waals surface area contributed by atoms with E-state index in [1.165, 1.54) is 23.4 Å². The SMILES string of the molecule is CN1C(=O)CC(c2cncc(NC(=O)c3ccc(Cl)cn3)c2)N=C1N. The summed E-state index contributed by atoms with van der Waals surface area (Å²) in [6, 6.07) is 4.39. The number of aliphatic imine (C=N–C) groups is 1. The summed E-state index contributed by atoms with van der Waals surface area (Å²) < 4.78 is 0. The largest absolute Gasteiger partial charge is 0.369 e. The van der Waals surface area contributed by atoms with Crippen LogP contribution >= 0.6 is 11.6 Å². The van der Waals surface area contributed by atoms with E-state index < -0.39 is 11.9 Å². The third kappa shape index (κ3) is 3.74. The van der Waals surface area contributed by atoms with Crippen molar-refractivity contribution >= 4 is 35.1 Å². The molecule has 1 aliphatic heterocycles. The number of hydrogen-bond acceptors (Lipinski definition) is 6. The van der Waals surface area contributed by atoms with Crippen molar-refractivity contribution < 1.29 is 9.59 Å². The molecule has 0 aromatic carbocycles. The first-order valence-electron chi connectivity index (χ1n) is 7.41. The van der Waals surface area contributed by atoms with Crippen LogP contribution in [-0.4, -0.2) is 39.7 Å². The highest BCUT2D eigenvalue weighted by atomic mass is 35.5. The van der Waals surface area contributed by atoms with Crippen LogP contribution < -0.4 is 11.1 Å². The van der Waals surface area contributed by atoms with E-state index in [4.69, 9.17) is 17.3 Å². The quantitative estimate of drug-likeness (QED) is 0.865. The molecule has 0 aliphatic carbocycles. The fraction of sp³-hybridized carbons (Fsp3) is 0.188. The van der Waals surface area contributed by atoms with Crippen LogP contribution in [-0.2, 0) is 4.79 Å². The van der Waals surface area contributed by atoms with E-state index in [2.05, 4.69) is 20.3 Å². The number of pyridine rings is 2. The highest BCUT2D eigenvalue weighted by Crippen LogP contribution is 2.26. The molecule has 0 radical (unpaired) electrons. The van der Waals surface area contributed by atoms with Crippen molar-refractivity contribution in [2.24, 2.45) is 10.7 Å². The van der Waals surface area contributed by atoms with Crippen LogP contribution in [0.4, 0.5) is 5.69 Å².